The van der Waals surface area contributed by atoms with E-state index >= 15 is 0 Å². The van der Waals surface area contributed by atoms with E-state index in [1.165, 1.54) is 0 Å². The zero-order valence-corrected chi connectivity index (χ0v) is 14.9. The Bertz CT molecular complexity index is 761. The van der Waals surface area contributed by atoms with Crippen LogP contribution in [0.2, 0.25) is 0 Å². The van der Waals surface area contributed by atoms with Crippen LogP contribution in [0.3, 0.4) is 0 Å². The monoisotopic (exact) mass is 352 g/mol. The summed E-state index contributed by atoms with van der Waals surface area (Å²) < 4.78 is 5.83. The molecule has 0 bridgehead atoms. The summed E-state index contributed by atoms with van der Waals surface area (Å²) in [5.74, 6) is 1.24. The molecule has 1 aliphatic heterocycles. The third-order valence-corrected chi connectivity index (χ3v) is 4.43. The molecule has 0 radical (unpaired) electrons. The molecule has 1 unspecified atom stereocenters. The first kappa shape index (κ1) is 18.0. The zero-order chi connectivity index (χ0) is 18.4. The van der Waals surface area contributed by atoms with Crippen molar-refractivity contribution in [1.82, 2.24) is 10.6 Å². The summed E-state index contributed by atoms with van der Waals surface area (Å²) in [6, 6.07) is 16.2. The molecule has 2 aromatic carbocycles. The fraction of sp³-hybridized carbons (Fsp3) is 0.333. The lowest BCUT2D eigenvalue weighted by Crippen LogP contribution is -2.62. The molecule has 3 rings (SSSR count). The van der Waals surface area contributed by atoms with Crippen molar-refractivity contribution in [2.45, 2.75) is 44.7 Å². The minimum absolute atomic E-state index is 0.0975. The number of para-hydroxylation sites is 1. The predicted octanol–water partition coefficient (Wildman–Crippen LogP) is 3.19. The van der Waals surface area contributed by atoms with Gasteiger partial charge in [0.1, 0.15) is 23.6 Å². The molecule has 2 amide bonds. The predicted molar refractivity (Wildman–Crippen MR) is 100 cm³/mol. The van der Waals surface area contributed by atoms with E-state index in [9.17, 15) is 9.59 Å². The Balaban J connectivity index is 1.63. The number of hydrogen-bond acceptors (Lipinski definition) is 3. The molecule has 0 spiro atoms. The molecule has 26 heavy (non-hydrogen) atoms. The van der Waals surface area contributed by atoms with Crippen LogP contribution in [0.15, 0.2) is 54.6 Å². The summed E-state index contributed by atoms with van der Waals surface area (Å²) in [6.07, 6.45) is 3.03. The second-order valence-corrected chi connectivity index (χ2v) is 6.53. The van der Waals surface area contributed by atoms with Crippen LogP contribution >= 0.6 is 0 Å². The number of nitrogens with one attached hydrogen (secondary N) is 2. The number of carbonyl (C=O) groups excluding carboxylic acids is 2. The molecule has 5 nitrogen and oxygen atoms in total. The molecule has 5 heteroatoms. The molecule has 1 aliphatic rings. The molecule has 136 valence electrons. The fourth-order valence-electron chi connectivity index (χ4n) is 3.03. The van der Waals surface area contributed by atoms with Crippen molar-refractivity contribution in [3.8, 4) is 11.5 Å². The highest BCUT2D eigenvalue weighted by Crippen LogP contribution is 2.22. The second-order valence-electron chi connectivity index (χ2n) is 6.53. The Morgan fingerprint density at radius 3 is 2.35 bits per heavy atom. The molecule has 0 aromatic heterocycles. The number of unbranched alkanes of at least 4 members (excludes halogenated alkanes) is 1. The topological polar surface area (TPSA) is 67.4 Å². The van der Waals surface area contributed by atoms with E-state index in [0.29, 0.717) is 18.6 Å². The Labute approximate surface area is 153 Å². The number of ether oxygens (including phenoxy) is 1. The number of carbonyl (C=O) groups is 2. The second kappa shape index (κ2) is 8.52. The van der Waals surface area contributed by atoms with Gasteiger partial charge in [0.25, 0.3) is 0 Å². The van der Waals surface area contributed by atoms with Crippen LogP contribution in [0.4, 0.5) is 0 Å². The first-order valence-electron chi connectivity index (χ1n) is 9.08. The number of piperazine rings is 1. The molecular weight excluding hydrogens is 328 g/mol. The number of amides is 2. The highest BCUT2D eigenvalue weighted by Gasteiger charge is 2.33. The van der Waals surface area contributed by atoms with Crippen molar-refractivity contribution in [3.63, 3.8) is 0 Å². The Morgan fingerprint density at radius 2 is 1.58 bits per heavy atom. The fourth-order valence-corrected chi connectivity index (χ4v) is 3.03. The molecule has 1 saturated heterocycles. The third-order valence-electron chi connectivity index (χ3n) is 4.43. The summed E-state index contributed by atoms with van der Waals surface area (Å²) in [5, 5.41) is 5.69. The minimum atomic E-state index is -0.549. The van der Waals surface area contributed by atoms with E-state index in [1.54, 1.807) is 0 Å². The van der Waals surface area contributed by atoms with Crippen LogP contribution in [-0.4, -0.2) is 23.9 Å². The minimum Gasteiger partial charge on any atom is -0.457 e. The molecule has 2 aromatic rings. The first-order valence-corrected chi connectivity index (χ1v) is 9.08. The van der Waals surface area contributed by atoms with Gasteiger partial charge in [-0.05, 0) is 36.2 Å². The summed E-state index contributed by atoms with van der Waals surface area (Å²) >= 11 is 0. The van der Waals surface area contributed by atoms with E-state index in [2.05, 4.69) is 17.6 Å². The van der Waals surface area contributed by atoms with Crippen molar-refractivity contribution in [2.75, 3.05) is 0 Å². The van der Waals surface area contributed by atoms with E-state index < -0.39 is 12.1 Å². The first-order chi connectivity index (χ1) is 12.7. The van der Waals surface area contributed by atoms with Crippen molar-refractivity contribution in [3.05, 3.63) is 60.2 Å². The lowest BCUT2D eigenvalue weighted by molar-refractivity contribution is -0.136. The summed E-state index contributed by atoms with van der Waals surface area (Å²) in [6.45, 7) is 2.07. The molecule has 0 saturated carbocycles. The summed E-state index contributed by atoms with van der Waals surface area (Å²) in [4.78, 5) is 24.5. The van der Waals surface area contributed by atoms with Crippen LogP contribution in [-0.2, 0) is 16.0 Å². The van der Waals surface area contributed by atoms with Gasteiger partial charge in [0.05, 0.1) is 0 Å². The SMILES string of the molecule is CCCC[C@H]1NC(=O)C(Cc2cccc(Oc3ccccc3)c2)NC1=O. The van der Waals surface area contributed by atoms with Gasteiger partial charge in [-0.3, -0.25) is 9.59 Å². The molecule has 2 N–H and O–H groups in total. The molecule has 2 atom stereocenters. The van der Waals surface area contributed by atoms with Gasteiger partial charge in [-0.1, -0.05) is 50.1 Å². The maximum Gasteiger partial charge on any atom is 0.243 e. The van der Waals surface area contributed by atoms with Gasteiger partial charge < -0.3 is 15.4 Å². The van der Waals surface area contributed by atoms with E-state index in [-0.39, 0.29) is 11.8 Å². The van der Waals surface area contributed by atoms with Gasteiger partial charge in [0.15, 0.2) is 0 Å². The van der Waals surface area contributed by atoms with Gasteiger partial charge in [0, 0.05) is 6.42 Å². The van der Waals surface area contributed by atoms with E-state index in [4.69, 9.17) is 4.74 Å². The Kier molecular flexibility index (Phi) is 5.89. The van der Waals surface area contributed by atoms with Gasteiger partial charge in [0.2, 0.25) is 11.8 Å². The maximum absolute atomic E-state index is 12.3. The van der Waals surface area contributed by atoms with Crippen molar-refractivity contribution in [1.29, 1.82) is 0 Å². The van der Waals surface area contributed by atoms with Gasteiger partial charge >= 0.3 is 0 Å². The van der Waals surface area contributed by atoms with Crippen LogP contribution in [0.25, 0.3) is 0 Å². The lowest BCUT2D eigenvalue weighted by Gasteiger charge is -2.29. The summed E-state index contributed by atoms with van der Waals surface area (Å²) in [7, 11) is 0. The molecule has 1 fully saturated rings. The zero-order valence-electron chi connectivity index (χ0n) is 14.9. The summed E-state index contributed by atoms with van der Waals surface area (Å²) in [5.41, 5.74) is 0.936. The highest BCUT2D eigenvalue weighted by molar-refractivity contribution is 5.97. The van der Waals surface area contributed by atoms with Gasteiger partial charge in [-0.2, -0.15) is 0 Å². The van der Waals surface area contributed by atoms with Crippen LogP contribution in [0, 0.1) is 0 Å². The van der Waals surface area contributed by atoms with Crippen molar-refractivity contribution < 1.29 is 14.3 Å². The van der Waals surface area contributed by atoms with Crippen molar-refractivity contribution >= 4 is 11.8 Å². The maximum atomic E-state index is 12.3. The average molecular weight is 352 g/mol. The Morgan fingerprint density at radius 1 is 0.885 bits per heavy atom. The quantitative estimate of drug-likeness (QED) is 0.804. The van der Waals surface area contributed by atoms with Crippen LogP contribution in [0.1, 0.15) is 31.7 Å². The standard InChI is InChI=1S/C21H24N2O3/c1-2-3-12-18-20(24)23-19(21(25)22-18)14-15-8-7-11-17(13-15)26-16-9-5-4-6-10-16/h4-11,13,18-19H,2-3,12,14H2,1H3,(H,22,25)(H,23,24)/t18-,19?/m1/s1. The van der Waals surface area contributed by atoms with Crippen molar-refractivity contribution in [2.24, 2.45) is 0 Å². The highest BCUT2D eigenvalue weighted by atomic mass is 16.5. The number of hydrogen-bond donors (Lipinski definition) is 2. The van der Waals surface area contributed by atoms with E-state index in [1.807, 2.05) is 54.6 Å². The van der Waals surface area contributed by atoms with Gasteiger partial charge in [-0.15, -0.1) is 0 Å². The molecular formula is C21H24N2O3. The third kappa shape index (κ3) is 4.63. The smallest absolute Gasteiger partial charge is 0.243 e. The average Bonchev–Trinajstić information content (AvgIpc) is 2.64. The van der Waals surface area contributed by atoms with Crippen LogP contribution < -0.4 is 15.4 Å². The van der Waals surface area contributed by atoms with E-state index in [0.717, 1.165) is 24.2 Å². The normalized spacial score (nSPS) is 19.6. The molecule has 1 heterocycles. The number of rotatable bonds is 7. The van der Waals surface area contributed by atoms with Crippen LogP contribution in [0.5, 0.6) is 11.5 Å². The molecule has 0 aliphatic carbocycles. The largest absolute Gasteiger partial charge is 0.457 e. The Hall–Kier alpha value is -2.82. The van der Waals surface area contributed by atoms with Gasteiger partial charge in [-0.25, -0.2) is 0 Å². The lowest BCUT2D eigenvalue weighted by atomic mass is 10.00. The number of benzene rings is 2.